The van der Waals surface area contributed by atoms with Crippen molar-refractivity contribution in [3.8, 4) is 5.88 Å². The third-order valence-corrected chi connectivity index (χ3v) is 3.85. The first-order valence-electron chi connectivity index (χ1n) is 8.16. The normalized spacial score (nSPS) is 20.2. The number of aromatic nitrogens is 2. The summed E-state index contributed by atoms with van der Waals surface area (Å²) in [5, 5.41) is 8.19. The van der Waals surface area contributed by atoms with E-state index in [0.29, 0.717) is 18.6 Å². The second kappa shape index (κ2) is 7.27. The van der Waals surface area contributed by atoms with Crippen LogP contribution in [0.2, 0.25) is 0 Å². The number of nitrogens with one attached hydrogen (secondary N) is 1. The van der Waals surface area contributed by atoms with Crippen LogP contribution in [0.15, 0.2) is 0 Å². The molecule has 0 bridgehead atoms. The molecule has 120 valence electrons. The summed E-state index contributed by atoms with van der Waals surface area (Å²) < 4.78 is 7.96. The van der Waals surface area contributed by atoms with Gasteiger partial charge in [-0.2, -0.15) is 5.10 Å². The number of ether oxygens (including phenoxy) is 1. The summed E-state index contributed by atoms with van der Waals surface area (Å²) in [6, 6.07) is 0.556. The highest BCUT2D eigenvalue weighted by Gasteiger charge is 2.22. The molecular weight excluding hydrogens is 264 g/mol. The number of rotatable bonds is 6. The first-order valence-corrected chi connectivity index (χ1v) is 8.16. The van der Waals surface area contributed by atoms with Gasteiger partial charge in [0.05, 0.1) is 17.9 Å². The monoisotopic (exact) mass is 294 g/mol. The maximum Gasteiger partial charge on any atom is 0.216 e. The maximum absolute atomic E-state index is 5.92. The van der Waals surface area contributed by atoms with E-state index in [1.54, 1.807) is 0 Å². The lowest BCUT2D eigenvalue weighted by Gasteiger charge is -2.31. The van der Waals surface area contributed by atoms with Crippen molar-refractivity contribution in [1.82, 2.24) is 20.0 Å². The predicted molar refractivity (Wildman–Crippen MR) is 85.7 cm³/mol. The highest BCUT2D eigenvalue weighted by Crippen LogP contribution is 2.25. The molecule has 1 saturated heterocycles. The van der Waals surface area contributed by atoms with Crippen LogP contribution in [0.4, 0.5) is 0 Å². The Morgan fingerprint density at radius 3 is 2.81 bits per heavy atom. The average molecular weight is 294 g/mol. The van der Waals surface area contributed by atoms with Crippen molar-refractivity contribution < 1.29 is 4.74 Å². The van der Waals surface area contributed by atoms with Crippen molar-refractivity contribution in [3.05, 3.63) is 11.3 Å². The van der Waals surface area contributed by atoms with Crippen LogP contribution in [0.25, 0.3) is 0 Å². The van der Waals surface area contributed by atoms with Crippen molar-refractivity contribution in [2.75, 3.05) is 26.2 Å². The largest absolute Gasteiger partial charge is 0.478 e. The fraction of sp³-hybridized carbons (Fsp3) is 0.812. The summed E-state index contributed by atoms with van der Waals surface area (Å²) in [6.07, 6.45) is 0. The molecule has 5 nitrogen and oxygen atoms in total. The van der Waals surface area contributed by atoms with Crippen molar-refractivity contribution in [2.45, 2.75) is 53.8 Å². The second-order valence-corrected chi connectivity index (χ2v) is 6.47. The van der Waals surface area contributed by atoms with Gasteiger partial charge in [-0.15, -0.1) is 0 Å². The van der Waals surface area contributed by atoms with Gasteiger partial charge in [0.15, 0.2) is 0 Å². The summed E-state index contributed by atoms with van der Waals surface area (Å²) >= 11 is 0. The minimum Gasteiger partial charge on any atom is -0.478 e. The molecule has 1 N–H and O–H groups in total. The van der Waals surface area contributed by atoms with E-state index in [1.807, 2.05) is 11.6 Å². The Morgan fingerprint density at radius 2 is 2.19 bits per heavy atom. The van der Waals surface area contributed by atoms with Crippen LogP contribution in [-0.4, -0.2) is 47.0 Å². The second-order valence-electron chi connectivity index (χ2n) is 6.47. The highest BCUT2D eigenvalue weighted by molar-refractivity contribution is 5.31. The van der Waals surface area contributed by atoms with Crippen LogP contribution >= 0.6 is 0 Å². The van der Waals surface area contributed by atoms with Crippen molar-refractivity contribution in [3.63, 3.8) is 0 Å². The van der Waals surface area contributed by atoms with Gasteiger partial charge >= 0.3 is 0 Å². The molecule has 21 heavy (non-hydrogen) atoms. The van der Waals surface area contributed by atoms with E-state index in [-0.39, 0.29) is 0 Å². The Kier molecular flexibility index (Phi) is 5.65. The van der Waals surface area contributed by atoms with E-state index in [9.17, 15) is 0 Å². The summed E-state index contributed by atoms with van der Waals surface area (Å²) in [4.78, 5) is 2.49. The van der Waals surface area contributed by atoms with E-state index < -0.39 is 0 Å². The molecule has 0 radical (unpaired) electrons. The number of hydrogen-bond donors (Lipinski definition) is 1. The van der Waals surface area contributed by atoms with Gasteiger partial charge in [-0.3, -0.25) is 4.90 Å². The SMILES string of the molecule is CCOc1c(CN2CCN[C@@H](C)C2)c(C)nn1CC(C)C. The fourth-order valence-electron chi connectivity index (χ4n) is 2.93. The van der Waals surface area contributed by atoms with E-state index in [1.165, 1.54) is 5.56 Å². The Balaban J connectivity index is 2.18. The fourth-order valence-corrected chi connectivity index (χ4v) is 2.93. The lowest BCUT2D eigenvalue weighted by Crippen LogP contribution is -2.48. The van der Waals surface area contributed by atoms with Gasteiger partial charge in [-0.25, -0.2) is 4.68 Å². The highest BCUT2D eigenvalue weighted by atomic mass is 16.5. The molecule has 1 fully saturated rings. The van der Waals surface area contributed by atoms with Crippen LogP contribution in [0.5, 0.6) is 5.88 Å². The number of aryl methyl sites for hydroxylation is 1. The van der Waals surface area contributed by atoms with Gasteiger partial charge in [-0.1, -0.05) is 13.8 Å². The Bertz CT molecular complexity index is 455. The zero-order valence-electron chi connectivity index (χ0n) is 14.1. The quantitative estimate of drug-likeness (QED) is 0.872. The molecule has 1 atom stereocenters. The molecule has 0 saturated carbocycles. The van der Waals surface area contributed by atoms with E-state index >= 15 is 0 Å². The maximum atomic E-state index is 5.92. The zero-order chi connectivity index (χ0) is 15.4. The zero-order valence-corrected chi connectivity index (χ0v) is 14.1. The number of nitrogens with zero attached hydrogens (tertiary/aromatic N) is 3. The summed E-state index contributed by atoms with van der Waals surface area (Å²) in [6.45, 7) is 16.6. The standard InChI is InChI=1S/C16H30N4O/c1-6-21-16-15(11-19-8-7-17-13(4)10-19)14(5)18-20(16)9-12(2)3/h12-13,17H,6-11H2,1-5H3/t13-/m0/s1. The first kappa shape index (κ1) is 16.3. The van der Waals surface area contributed by atoms with Crippen LogP contribution in [0.1, 0.15) is 39.0 Å². The molecule has 1 aromatic rings. The van der Waals surface area contributed by atoms with Gasteiger partial charge in [0, 0.05) is 38.8 Å². The lowest BCUT2D eigenvalue weighted by atomic mass is 10.2. The van der Waals surface area contributed by atoms with Gasteiger partial charge < -0.3 is 10.1 Å². The molecule has 0 amide bonds. The van der Waals surface area contributed by atoms with Gasteiger partial charge in [0.1, 0.15) is 0 Å². The van der Waals surface area contributed by atoms with Gasteiger partial charge in [0.25, 0.3) is 0 Å². The van der Waals surface area contributed by atoms with Crippen LogP contribution in [-0.2, 0) is 13.1 Å². The molecule has 0 aromatic carbocycles. The van der Waals surface area contributed by atoms with Crippen LogP contribution in [0, 0.1) is 12.8 Å². The number of hydrogen-bond acceptors (Lipinski definition) is 4. The molecule has 1 aromatic heterocycles. The third kappa shape index (κ3) is 4.20. The smallest absolute Gasteiger partial charge is 0.216 e. The molecular formula is C16H30N4O. The Hall–Kier alpha value is -1.07. The van der Waals surface area contributed by atoms with E-state index in [4.69, 9.17) is 9.84 Å². The topological polar surface area (TPSA) is 42.3 Å². The molecule has 2 heterocycles. The minimum atomic E-state index is 0.556. The predicted octanol–water partition coefficient (Wildman–Crippen LogP) is 2.04. The molecule has 0 unspecified atom stereocenters. The van der Waals surface area contributed by atoms with Crippen molar-refractivity contribution >= 4 is 0 Å². The Labute approximate surface area is 128 Å². The third-order valence-electron chi connectivity index (χ3n) is 3.85. The van der Waals surface area contributed by atoms with E-state index in [0.717, 1.165) is 44.3 Å². The first-order chi connectivity index (χ1) is 10.0. The van der Waals surface area contributed by atoms with Crippen LogP contribution in [0.3, 0.4) is 0 Å². The lowest BCUT2D eigenvalue weighted by molar-refractivity contribution is 0.195. The number of piperazine rings is 1. The molecule has 5 heteroatoms. The average Bonchev–Trinajstić information content (AvgIpc) is 2.67. The summed E-state index contributed by atoms with van der Waals surface area (Å²) in [5.74, 6) is 1.53. The Morgan fingerprint density at radius 1 is 1.43 bits per heavy atom. The summed E-state index contributed by atoms with van der Waals surface area (Å²) in [5.41, 5.74) is 2.36. The molecule has 0 spiro atoms. The molecule has 1 aliphatic heterocycles. The molecule has 1 aliphatic rings. The van der Waals surface area contributed by atoms with Crippen molar-refractivity contribution in [1.29, 1.82) is 0 Å². The minimum absolute atomic E-state index is 0.556. The van der Waals surface area contributed by atoms with E-state index in [2.05, 4.69) is 37.9 Å². The van der Waals surface area contributed by atoms with Crippen LogP contribution < -0.4 is 10.1 Å². The summed E-state index contributed by atoms with van der Waals surface area (Å²) in [7, 11) is 0. The van der Waals surface area contributed by atoms with Crippen molar-refractivity contribution in [2.24, 2.45) is 5.92 Å². The van der Waals surface area contributed by atoms with Gasteiger partial charge in [-0.05, 0) is 26.7 Å². The molecule has 2 rings (SSSR count). The molecule has 0 aliphatic carbocycles. The van der Waals surface area contributed by atoms with Gasteiger partial charge in [0.2, 0.25) is 5.88 Å².